The quantitative estimate of drug-likeness (QED) is 0.669. The lowest BCUT2D eigenvalue weighted by atomic mass is 10.2. The van der Waals surface area contributed by atoms with Crippen LogP contribution in [0.5, 0.6) is 0 Å². The van der Waals surface area contributed by atoms with Gasteiger partial charge in [-0.1, -0.05) is 22.0 Å². The van der Waals surface area contributed by atoms with Crippen molar-refractivity contribution in [1.29, 1.82) is 0 Å². The Morgan fingerprint density at radius 2 is 2.11 bits per heavy atom. The molecule has 0 aliphatic carbocycles. The lowest BCUT2D eigenvalue weighted by Crippen LogP contribution is -2.30. The van der Waals surface area contributed by atoms with Gasteiger partial charge in [0.05, 0.1) is 4.90 Å². The third-order valence-electron chi connectivity index (χ3n) is 2.13. The summed E-state index contributed by atoms with van der Waals surface area (Å²) < 4.78 is 22.9. The molecule has 0 aromatic heterocycles. The van der Waals surface area contributed by atoms with Crippen LogP contribution in [-0.4, -0.2) is 20.4 Å². The van der Waals surface area contributed by atoms with Gasteiger partial charge in [0.1, 0.15) is 0 Å². The molecular formula is C11H11BrClNO3S. The molecule has 0 bridgehead atoms. The number of hydrogen-bond donors (Lipinski definition) is 1. The van der Waals surface area contributed by atoms with Crippen molar-refractivity contribution in [2.75, 3.05) is 0 Å². The van der Waals surface area contributed by atoms with E-state index in [2.05, 4.69) is 27.8 Å². The predicted molar refractivity (Wildman–Crippen MR) is 74.3 cm³/mol. The normalized spacial score (nSPS) is 12.8. The highest BCUT2D eigenvalue weighted by molar-refractivity contribution is 9.10. The van der Waals surface area contributed by atoms with Gasteiger partial charge in [0, 0.05) is 26.8 Å². The summed E-state index contributed by atoms with van der Waals surface area (Å²) >= 11 is 3.13. The molecule has 1 atom stereocenters. The Hall–Kier alpha value is -0.850. The fourth-order valence-corrected chi connectivity index (χ4v) is 2.63. The SMILES string of the molecule is C=CC(C)NC(=O)c1cc(Br)cc(S(=O)(=O)Cl)c1. The van der Waals surface area contributed by atoms with Crippen molar-refractivity contribution in [3.05, 3.63) is 40.9 Å². The molecule has 98 valence electrons. The maximum Gasteiger partial charge on any atom is 0.261 e. The second-order valence-corrected chi connectivity index (χ2v) is 7.09. The predicted octanol–water partition coefficient (Wildman–Crippen LogP) is 2.68. The Morgan fingerprint density at radius 1 is 1.50 bits per heavy atom. The summed E-state index contributed by atoms with van der Waals surface area (Å²) in [6, 6.07) is 3.85. The van der Waals surface area contributed by atoms with Crippen LogP contribution in [0.1, 0.15) is 17.3 Å². The lowest BCUT2D eigenvalue weighted by Gasteiger charge is -2.10. The maximum atomic E-state index is 11.8. The van der Waals surface area contributed by atoms with E-state index in [0.717, 1.165) is 0 Å². The second-order valence-electron chi connectivity index (χ2n) is 3.61. The van der Waals surface area contributed by atoms with Crippen LogP contribution in [0.2, 0.25) is 0 Å². The Kier molecular flexibility index (Phi) is 4.95. The highest BCUT2D eigenvalue weighted by Gasteiger charge is 2.15. The zero-order valence-electron chi connectivity index (χ0n) is 9.48. The fourth-order valence-electron chi connectivity index (χ4n) is 1.18. The third-order valence-corrected chi connectivity index (χ3v) is 3.92. The van der Waals surface area contributed by atoms with E-state index < -0.39 is 15.0 Å². The van der Waals surface area contributed by atoms with Crippen molar-refractivity contribution < 1.29 is 13.2 Å². The molecule has 0 aliphatic rings. The minimum Gasteiger partial charge on any atom is -0.346 e. The number of amides is 1. The largest absolute Gasteiger partial charge is 0.346 e. The van der Waals surface area contributed by atoms with E-state index >= 15 is 0 Å². The van der Waals surface area contributed by atoms with E-state index in [4.69, 9.17) is 10.7 Å². The van der Waals surface area contributed by atoms with Crippen molar-refractivity contribution in [2.45, 2.75) is 17.9 Å². The molecule has 0 radical (unpaired) electrons. The second kappa shape index (κ2) is 5.86. The minimum atomic E-state index is -3.87. The van der Waals surface area contributed by atoms with Gasteiger partial charge < -0.3 is 5.32 Å². The summed E-state index contributed by atoms with van der Waals surface area (Å²) in [6.45, 7) is 5.29. The van der Waals surface area contributed by atoms with Gasteiger partial charge in [0.2, 0.25) is 0 Å². The van der Waals surface area contributed by atoms with Gasteiger partial charge in [-0.25, -0.2) is 8.42 Å². The van der Waals surface area contributed by atoms with E-state index in [0.29, 0.717) is 4.47 Å². The molecule has 0 aliphatic heterocycles. The van der Waals surface area contributed by atoms with Crippen molar-refractivity contribution in [3.8, 4) is 0 Å². The molecule has 1 amide bonds. The van der Waals surface area contributed by atoms with Crippen molar-refractivity contribution in [1.82, 2.24) is 5.32 Å². The average molecular weight is 353 g/mol. The van der Waals surface area contributed by atoms with Crippen LogP contribution in [-0.2, 0) is 9.05 Å². The van der Waals surface area contributed by atoms with Gasteiger partial charge in [-0.2, -0.15) is 0 Å². The van der Waals surface area contributed by atoms with Crippen molar-refractivity contribution in [2.24, 2.45) is 0 Å². The van der Waals surface area contributed by atoms with Crippen LogP contribution in [0.15, 0.2) is 40.2 Å². The van der Waals surface area contributed by atoms with Crippen LogP contribution in [0.4, 0.5) is 0 Å². The number of halogens is 2. The smallest absolute Gasteiger partial charge is 0.261 e. The maximum absolute atomic E-state index is 11.8. The Labute approximate surface area is 119 Å². The van der Waals surface area contributed by atoms with Gasteiger partial charge in [-0.15, -0.1) is 6.58 Å². The highest BCUT2D eigenvalue weighted by atomic mass is 79.9. The topological polar surface area (TPSA) is 63.2 Å². The van der Waals surface area contributed by atoms with E-state index in [1.165, 1.54) is 18.2 Å². The number of nitrogens with one attached hydrogen (secondary N) is 1. The molecule has 1 rings (SSSR count). The average Bonchev–Trinajstić information content (AvgIpc) is 2.26. The third kappa shape index (κ3) is 4.12. The van der Waals surface area contributed by atoms with Crippen LogP contribution < -0.4 is 5.32 Å². The molecule has 0 spiro atoms. The number of benzene rings is 1. The standard InChI is InChI=1S/C11H11BrClNO3S/c1-3-7(2)14-11(15)8-4-9(12)6-10(5-8)18(13,16)17/h3-7H,1H2,2H3,(H,14,15). The molecule has 0 heterocycles. The number of carbonyl (C=O) groups is 1. The number of carbonyl (C=O) groups excluding carboxylic acids is 1. The highest BCUT2D eigenvalue weighted by Crippen LogP contribution is 2.22. The van der Waals surface area contributed by atoms with Gasteiger partial charge >= 0.3 is 0 Å². The van der Waals surface area contributed by atoms with E-state index in [-0.39, 0.29) is 16.5 Å². The summed E-state index contributed by atoms with van der Waals surface area (Å²) in [5.41, 5.74) is 0.206. The summed E-state index contributed by atoms with van der Waals surface area (Å²) in [4.78, 5) is 11.7. The first-order chi connectivity index (χ1) is 8.24. The van der Waals surface area contributed by atoms with Crippen LogP contribution >= 0.6 is 26.6 Å². The van der Waals surface area contributed by atoms with Gasteiger partial charge in [0.25, 0.3) is 15.0 Å². The molecule has 1 N–H and O–H groups in total. The summed E-state index contributed by atoms with van der Waals surface area (Å²) in [7, 11) is 1.37. The first-order valence-corrected chi connectivity index (χ1v) is 8.03. The zero-order valence-corrected chi connectivity index (χ0v) is 12.6. The molecular weight excluding hydrogens is 342 g/mol. The molecule has 1 aromatic rings. The molecule has 1 aromatic carbocycles. The molecule has 0 saturated heterocycles. The Balaban J connectivity index is 3.15. The van der Waals surface area contributed by atoms with E-state index in [1.54, 1.807) is 13.0 Å². The summed E-state index contributed by atoms with van der Waals surface area (Å²) in [6.07, 6.45) is 1.56. The van der Waals surface area contributed by atoms with Crippen molar-refractivity contribution >= 4 is 41.6 Å². The Bertz CT molecular complexity index is 586. The molecule has 18 heavy (non-hydrogen) atoms. The molecule has 0 fully saturated rings. The summed E-state index contributed by atoms with van der Waals surface area (Å²) in [5.74, 6) is -0.398. The molecule has 0 saturated carbocycles. The van der Waals surface area contributed by atoms with E-state index in [1.807, 2.05) is 0 Å². The zero-order chi connectivity index (χ0) is 13.9. The van der Waals surface area contributed by atoms with Crippen LogP contribution in [0.25, 0.3) is 0 Å². The number of rotatable bonds is 4. The molecule has 1 unspecified atom stereocenters. The van der Waals surface area contributed by atoms with Crippen LogP contribution in [0.3, 0.4) is 0 Å². The van der Waals surface area contributed by atoms with Crippen molar-refractivity contribution in [3.63, 3.8) is 0 Å². The van der Waals surface area contributed by atoms with Crippen LogP contribution in [0, 0.1) is 0 Å². The first-order valence-electron chi connectivity index (χ1n) is 4.92. The fraction of sp³-hybridized carbons (Fsp3) is 0.182. The lowest BCUT2D eigenvalue weighted by molar-refractivity contribution is 0.0946. The number of hydrogen-bond acceptors (Lipinski definition) is 3. The molecule has 7 heteroatoms. The Morgan fingerprint density at radius 3 is 2.61 bits per heavy atom. The monoisotopic (exact) mass is 351 g/mol. The first kappa shape index (κ1) is 15.2. The van der Waals surface area contributed by atoms with E-state index in [9.17, 15) is 13.2 Å². The van der Waals surface area contributed by atoms with Gasteiger partial charge in [0.15, 0.2) is 0 Å². The van der Waals surface area contributed by atoms with Gasteiger partial charge in [-0.3, -0.25) is 4.79 Å². The summed E-state index contributed by atoms with van der Waals surface area (Å²) in [5, 5.41) is 2.64. The minimum absolute atomic E-state index is 0.130. The molecule has 4 nitrogen and oxygen atoms in total. The van der Waals surface area contributed by atoms with Gasteiger partial charge in [-0.05, 0) is 25.1 Å².